The lowest BCUT2D eigenvalue weighted by Gasteiger charge is -2.31. The van der Waals surface area contributed by atoms with Crippen molar-refractivity contribution in [3.05, 3.63) is 100 Å². The van der Waals surface area contributed by atoms with E-state index in [4.69, 9.17) is 29.0 Å². The molecule has 212 valence electrons. The van der Waals surface area contributed by atoms with E-state index in [1.807, 2.05) is 78.9 Å². The van der Waals surface area contributed by atoms with Gasteiger partial charge in [-0.25, -0.2) is 10.4 Å². The van der Waals surface area contributed by atoms with Gasteiger partial charge in [-0.2, -0.15) is 0 Å². The number of hydrogen-bond donors (Lipinski definition) is 3. The normalized spacial score (nSPS) is 18.3. The first-order valence-electron chi connectivity index (χ1n) is 13.0. The number of benzene rings is 3. The Kier molecular flexibility index (Phi) is 10.7. The summed E-state index contributed by atoms with van der Waals surface area (Å²) in [5.74, 6) is 0.674. The van der Waals surface area contributed by atoms with Crippen molar-refractivity contribution in [3.63, 3.8) is 0 Å². The lowest BCUT2D eigenvalue weighted by Crippen LogP contribution is -2.55. The van der Waals surface area contributed by atoms with E-state index >= 15 is 0 Å². The molecular formula is C30H34BrN3O6. The predicted octanol–water partition coefficient (Wildman–Crippen LogP) is 3.95. The van der Waals surface area contributed by atoms with Crippen LogP contribution < -0.4 is 15.6 Å². The second kappa shape index (κ2) is 14.4. The number of aliphatic imine (C=N–C) groups is 1. The SMILES string of the molecule is COC(CNNC(=O)[C@@]1(Cc2ccc(Br)cc2)N=C(c2ccc(OCCCO)cc2)O[C@H]1c1ccccc1)OC. The van der Waals surface area contributed by atoms with Gasteiger partial charge in [0.2, 0.25) is 5.90 Å². The van der Waals surface area contributed by atoms with Crippen molar-refractivity contribution >= 4 is 27.7 Å². The Hall–Kier alpha value is -3.28. The van der Waals surface area contributed by atoms with Gasteiger partial charge in [0.15, 0.2) is 17.9 Å². The molecule has 3 aromatic carbocycles. The van der Waals surface area contributed by atoms with Gasteiger partial charge in [0.1, 0.15) is 5.75 Å². The van der Waals surface area contributed by atoms with E-state index in [1.54, 1.807) is 0 Å². The van der Waals surface area contributed by atoms with Crippen LogP contribution in [-0.4, -0.2) is 62.7 Å². The summed E-state index contributed by atoms with van der Waals surface area (Å²) in [6.45, 7) is 0.719. The molecule has 0 unspecified atom stereocenters. The van der Waals surface area contributed by atoms with Gasteiger partial charge in [-0.1, -0.05) is 58.4 Å². The Morgan fingerprint density at radius 1 is 1.05 bits per heavy atom. The second-order valence-electron chi connectivity index (χ2n) is 9.24. The average molecular weight is 613 g/mol. The van der Waals surface area contributed by atoms with Gasteiger partial charge in [-0.3, -0.25) is 10.2 Å². The minimum atomic E-state index is -1.33. The maximum Gasteiger partial charge on any atom is 0.266 e. The molecule has 0 aromatic heterocycles. The third-order valence-electron chi connectivity index (χ3n) is 6.52. The number of hydrazine groups is 1. The topological polar surface area (TPSA) is 111 Å². The van der Waals surface area contributed by atoms with E-state index < -0.39 is 17.9 Å². The van der Waals surface area contributed by atoms with Crippen molar-refractivity contribution in [2.75, 3.05) is 34.0 Å². The van der Waals surface area contributed by atoms with Crippen LogP contribution in [0.15, 0.2) is 88.3 Å². The van der Waals surface area contributed by atoms with E-state index in [0.717, 1.165) is 15.6 Å². The van der Waals surface area contributed by atoms with Gasteiger partial charge in [0.25, 0.3) is 5.91 Å². The summed E-state index contributed by atoms with van der Waals surface area (Å²) in [5, 5.41) is 9.01. The Labute approximate surface area is 242 Å². The zero-order valence-electron chi connectivity index (χ0n) is 22.5. The molecular weight excluding hydrogens is 578 g/mol. The van der Waals surface area contributed by atoms with E-state index in [9.17, 15) is 4.79 Å². The Morgan fingerprint density at radius 3 is 2.40 bits per heavy atom. The molecule has 0 saturated heterocycles. The van der Waals surface area contributed by atoms with Crippen LogP contribution in [0.3, 0.4) is 0 Å². The standard InChI is InChI=1S/C30H34BrN3O6/c1-37-26(38-2)20-32-34-29(36)30(19-21-9-13-24(31)14-10-21)27(22-7-4-3-5-8-22)40-28(33-30)23-11-15-25(16-12-23)39-18-6-17-35/h3-5,7-16,26-27,32,35H,6,17-20H2,1-2H3,(H,34,36)/t27-,30-/m0/s1. The number of nitrogens with one attached hydrogen (secondary N) is 2. The molecule has 1 aliphatic rings. The summed E-state index contributed by atoms with van der Waals surface area (Å²) >= 11 is 3.49. The molecule has 2 atom stereocenters. The molecule has 40 heavy (non-hydrogen) atoms. The minimum absolute atomic E-state index is 0.0680. The summed E-state index contributed by atoms with van der Waals surface area (Å²) < 4.78 is 23.6. The van der Waals surface area contributed by atoms with Crippen molar-refractivity contribution in [2.45, 2.75) is 30.8 Å². The van der Waals surface area contributed by atoms with Crippen molar-refractivity contribution < 1.29 is 28.8 Å². The average Bonchev–Trinajstić information content (AvgIpc) is 3.38. The number of methoxy groups -OCH3 is 2. The first-order chi connectivity index (χ1) is 19.5. The van der Waals surface area contributed by atoms with Gasteiger partial charge in [-0.05, 0) is 47.5 Å². The highest BCUT2D eigenvalue weighted by molar-refractivity contribution is 9.10. The first-order valence-corrected chi connectivity index (χ1v) is 13.8. The number of amides is 1. The van der Waals surface area contributed by atoms with Crippen molar-refractivity contribution in [3.8, 4) is 5.75 Å². The molecule has 0 saturated carbocycles. The molecule has 1 heterocycles. The first kappa shape index (κ1) is 29.7. The van der Waals surface area contributed by atoms with Gasteiger partial charge >= 0.3 is 0 Å². The Balaban J connectivity index is 1.71. The van der Waals surface area contributed by atoms with Crippen LogP contribution in [0.2, 0.25) is 0 Å². The summed E-state index contributed by atoms with van der Waals surface area (Å²) in [6, 6.07) is 24.8. The monoisotopic (exact) mass is 611 g/mol. The molecule has 3 aromatic rings. The molecule has 0 aliphatic carbocycles. The Morgan fingerprint density at radius 2 is 1.75 bits per heavy atom. The molecule has 1 aliphatic heterocycles. The molecule has 10 heteroatoms. The van der Waals surface area contributed by atoms with E-state index in [1.165, 1.54) is 14.2 Å². The predicted molar refractivity (Wildman–Crippen MR) is 155 cm³/mol. The quantitative estimate of drug-likeness (QED) is 0.144. The van der Waals surface area contributed by atoms with Gasteiger partial charge in [0, 0.05) is 43.7 Å². The third-order valence-corrected chi connectivity index (χ3v) is 7.04. The molecule has 0 spiro atoms. The smallest absolute Gasteiger partial charge is 0.266 e. The number of ether oxygens (including phenoxy) is 4. The number of nitrogens with zero attached hydrogens (tertiary/aromatic N) is 1. The molecule has 0 fully saturated rings. The van der Waals surface area contributed by atoms with Crippen LogP contribution in [-0.2, 0) is 25.4 Å². The lowest BCUT2D eigenvalue weighted by atomic mass is 9.82. The third kappa shape index (κ3) is 7.26. The number of carbonyl (C=O) groups is 1. The summed E-state index contributed by atoms with van der Waals surface area (Å²) in [4.78, 5) is 19.1. The summed E-state index contributed by atoms with van der Waals surface area (Å²) in [7, 11) is 3.06. The van der Waals surface area contributed by atoms with Crippen LogP contribution >= 0.6 is 15.9 Å². The second-order valence-corrected chi connectivity index (χ2v) is 10.2. The van der Waals surface area contributed by atoms with Gasteiger partial charge in [0.05, 0.1) is 13.2 Å². The molecule has 0 bridgehead atoms. The molecule has 1 amide bonds. The van der Waals surface area contributed by atoms with Crippen molar-refractivity contribution in [2.24, 2.45) is 4.99 Å². The van der Waals surface area contributed by atoms with E-state index in [-0.39, 0.29) is 25.5 Å². The Bertz CT molecular complexity index is 1250. The van der Waals surface area contributed by atoms with Crippen molar-refractivity contribution in [1.82, 2.24) is 10.9 Å². The number of aliphatic hydroxyl groups excluding tert-OH is 1. The molecule has 4 rings (SSSR count). The molecule has 3 N–H and O–H groups in total. The van der Waals surface area contributed by atoms with Crippen LogP contribution in [0, 0.1) is 0 Å². The minimum Gasteiger partial charge on any atom is -0.494 e. The number of hydrogen-bond acceptors (Lipinski definition) is 8. The highest BCUT2D eigenvalue weighted by Gasteiger charge is 2.53. The van der Waals surface area contributed by atoms with Crippen LogP contribution in [0.5, 0.6) is 5.75 Å². The fourth-order valence-electron chi connectivity index (χ4n) is 4.41. The highest BCUT2D eigenvalue weighted by Crippen LogP contribution is 2.42. The van der Waals surface area contributed by atoms with Crippen LogP contribution in [0.1, 0.15) is 29.2 Å². The van der Waals surface area contributed by atoms with Crippen LogP contribution in [0.25, 0.3) is 0 Å². The molecule has 9 nitrogen and oxygen atoms in total. The zero-order chi connectivity index (χ0) is 28.4. The fraction of sp³-hybridized carbons (Fsp3) is 0.333. The van der Waals surface area contributed by atoms with Gasteiger partial charge < -0.3 is 24.1 Å². The zero-order valence-corrected chi connectivity index (χ0v) is 24.1. The summed E-state index contributed by atoms with van der Waals surface area (Å²) in [5.41, 5.74) is 6.88. The lowest BCUT2D eigenvalue weighted by molar-refractivity contribution is -0.131. The highest BCUT2D eigenvalue weighted by atomic mass is 79.9. The fourth-order valence-corrected chi connectivity index (χ4v) is 4.67. The van der Waals surface area contributed by atoms with E-state index in [2.05, 4.69) is 26.8 Å². The van der Waals surface area contributed by atoms with Crippen molar-refractivity contribution in [1.29, 1.82) is 0 Å². The number of halogens is 1. The van der Waals surface area contributed by atoms with E-state index in [0.29, 0.717) is 30.2 Å². The number of aliphatic hydroxyl groups is 1. The maximum absolute atomic E-state index is 14.1. The largest absolute Gasteiger partial charge is 0.494 e. The maximum atomic E-state index is 14.1. The number of carbonyl (C=O) groups excluding carboxylic acids is 1. The van der Waals surface area contributed by atoms with Crippen LogP contribution in [0.4, 0.5) is 0 Å². The van der Waals surface area contributed by atoms with Gasteiger partial charge in [-0.15, -0.1) is 0 Å². The number of rotatable bonds is 14. The molecule has 0 radical (unpaired) electrons. The summed E-state index contributed by atoms with van der Waals surface area (Å²) in [6.07, 6.45) is -0.398.